The molecule has 0 radical (unpaired) electrons. The fraction of sp³-hybridized carbons (Fsp3) is 0.300. The van der Waals surface area contributed by atoms with Gasteiger partial charge in [-0.2, -0.15) is 5.10 Å². The topological polar surface area (TPSA) is 80.2 Å². The van der Waals surface area contributed by atoms with Gasteiger partial charge in [-0.25, -0.2) is 5.43 Å². The fourth-order valence-corrected chi connectivity index (χ4v) is 2.13. The van der Waals surface area contributed by atoms with E-state index in [1.54, 1.807) is 12.1 Å². The lowest BCUT2D eigenvalue weighted by atomic mass is 10.2. The largest absolute Gasteiger partial charge is 0.508 e. The molecule has 1 amide bonds. The number of hydrogen-bond donors (Lipinski definition) is 2. The number of nitrogens with zero attached hydrogens (tertiary/aromatic N) is 1. The number of phenolic OH excluding ortho intramolecular Hbond substituents is 1. The van der Waals surface area contributed by atoms with Gasteiger partial charge >= 0.3 is 0 Å². The van der Waals surface area contributed by atoms with Crippen molar-refractivity contribution < 1.29 is 19.4 Å². The number of nitrogens with one attached hydrogen (secondary N) is 1. The Morgan fingerprint density at radius 3 is 2.69 bits per heavy atom. The third-order valence-electron chi connectivity index (χ3n) is 3.33. The van der Waals surface area contributed by atoms with Crippen LogP contribution >= 0.6 is 0 Å². The van der Waals surface area contributed by atoms with Crippen LogP contribution in [0.15, 0.2) is 47.6 Å². The second-order valence-electron chi connectivity index (χ2n) is 6.09. The first kappa shape index (κ1) is 19.3. The number of benzene rings is 2. The zero-order valence-corrected chi connectivity index (χ0v) is 15.2. The SMILES string of the molecule is CCOc1cc(/C=N\NC(=O)c2cccc(O)c2)ccc1OCC(C)C. The molecule has 0 spiro atoms. The van der Waals surface area contributed by atoms with Crippen LogP contribution in [0.5, 0.6) is 17.2 Å². The molecule has 26 heavy (non-hydrogen) atoms. The van der Waals surface area contributed by atoms with Crippen molar-refractivity contribution in [2.45, 2.75) is 20.8 Å². The van der Waals surface area contributed by atoms with Gasteiger partial charge in [0.05, 0.1) is 19.4 Å². The summed E-state index contributed by atoms with van der Waals surface area (Å²) >= 11 is 0. The van der Waals surface area contributed by atoms with Gasteiger partial charge in [0.25, 0.3) is 5.91 Å². The number of hydrazone groups is 1. The van der Waals surface area contributed by atoms with Gasteiger partial charge in [-0.3, -0.25) is 4.79 Å². The molecule has 0 unspecified atom stereocenters. The molecule has 0 saturated heterocycles. The Kier molecular flexibility index (Phi) is 7.02. The number of rotatable bonds is 8. The Balaban J connectivity index is 2.04. The summed E-state index contributed by atoms with van der Waals surface area (Å²) in [5.41, 5.74) is 3.52. The van der Waals surface area contributed by atoms with Crippen molar-refractivity contribution in [3.05, 3.63) is 53.6 Å². The molecule has 138 valence electrons. The number of ether oxygens (including phenoxy) is 2. The first-order chi connectivity index (χ1) is 12.5. The lowest BCUT2D eigenvalue weighted by molar-refractivity contribution is 0.0954. The lowest BCUT2D eigenvalue weighted by Gasteiger charge is -2.13. The summed E-state index contributed by atoms with van der Waals surface area (Å²) in [7, 11) is 0. The highest BCUT2D eigenvalue weighted by Gasteiger charge is 2.08. The molecule has 0 aliphatic rings. The predicted molar refractivity (Wildman–Crippen MR) is 101 cm³/mol. The van der Waals surface area contributed by atoms with Crippen molar-refractivity contribution in [2.24, 2.45) is 11.0 Å². The van der Waals surface area contributed by atoms with Crippen LogP contribution in [0.2, 0.25) is 0 Å². The highest BCUT2D eigenvalue weighted by Crippen LogP contribution is 2.28. The smallest absolute Gasteiger partial charge is 0.271 e. The van der Waals surface area contributed by atoms with Crippen molar-refractivity contribution in [2.75, 3.05) is 13.2 Å². The van der Waals surface area contributed by atoms with Gasteiger partial charge in [0.1, 0.15) is 5.75 Å². The van der Waals surface area contributed by atoms with Crippen LogP contribution in [-0.4, -0.2) is 30.4 Å². The summed E-state index contributed by atoms with van der Waals surface area (Å²) in [4.78, 5) is 12.0. The van der Waals surface area contributed by atoms with Crippen LogP contribution in [-0.2, 0) is 0 Å². The Labute approximate surface area is 153 Å². The van der Waals surface area contributed by atoms with E-state index in [4.69, 9.17) is 9.47 Å². The second kappa shape index (κ2) is 9.46. The molecule has 0 aromatic heterocycles. The van der Waals surface area contributed by atoms with E-state index >= 15 is 0 Å². The standard InChI is InChI=1S/C20H24N2O4/c1-4-25-19-10-15(8-9-18(19)26-13-14(2)3)12-21-22-20(24)16-6-5-7-17(23)11-16/h5-12,14,23H,4,13H2,1-3H3,(H,22,24)/b21-12-. The van der Waals surface area contributed by atoms with Crippen molar-refractivity contribution in [3.63, 3.8) is 0 Å². The molecular weight excluding hydrogens is 332 g/mol. The molecule has 2 N–H and O–H groups in total. The summed E-state index contributed by atoms with van der Waals surface area (Å²) in [6.07, 6.45) is 1.52. The maximum Gasteiger partial charge on any atom is 0.271 e. The fourth-order valence-electron chi connectivity index (χ4n) is 2.13. The molecular formula is C20H24N2O4. The van der Waals surface area contributed by atoms with Gasteiger partial charge in [-0.05, 0) is 54.8 Å². The Hall–Kier alpha value is -3.02. The summed E-state index contributed by atoms with van der Waals surface area (Å²) < 4.78 is 11.4. The van der Waals surface area contributed by atoms with E-state index in [2.05, 4.69) is 24.4 Å². The molecule has 0 saturated carbocycles. The number of carbonyl (C=O) groups excluding carboxylic acids is 1. The molecule has 0 atom stereocenters. The predicted octanol–water partition coefficient (Wildman–Crippen LogP) is 3.59. The zero-order valence-electron chi connectivity index (χ0n) is 15.2. The first-order valence-electron chi connectivity index (χ1n) is 8.51. The molecule has 6 heteroatoms. The van der Waals surface area contributed by atoms with Crippen molar-refractivity contribution in [1.82, 2.24) is 5.43 Å². The van der Waals surface area contributed by atoms with E-state index in [-0.39, 0.29) is 5.75 Å². The molecule has 2 aromatic rings. The monoisotopic (exact) mass is 356 g/mol. The highest BCUT2D eigenvalue weighted by molar-refractivity contribution is 5.95. The highest BCUT2D eigenvalue weighted by atomic mass is 16.5. The maximum atomic E-state index is 12.0. The summed E-state index contributed by atoms with van der Waals surface area (Å²) in [6, 6.07) is 11.5. The van der Waals surface area contributed by atoms with Gasteiger partial charge in [-0.1, -0.05) is 19.9 Å². The van der Waals surface area contributed by atoms with Gasteiger partial charge in [0.15, 0.2) is 11.5 Å². The van der Waals surface area contributed by atoms with Crippen molar-refractivity contribution >= 4 is 12.1 Å². The van der Waals surface area contributed by atoms with Crippen LogP contribution in [0.3, 0.4) is 0 Å². The Morgan fingerprint density at radius 2 is 2.00 bits per heavy atom. The van der Waals surface area contributed by atoms with Crippen LogP contribution in [0.1, 0.15) is 36.7 Å². The average Bonchev–Trinajstić information content (AvgIpc) is 2.61. The molecule has 0 heterocycles. The minimum Gasteiger partial charge on any atom is -0.508 e. The second-order valence-corrected chi connectivity index (χ2v) is 6.09. The number of amides is 1. The van der Waals surface area contributed by atoms with Crippen molar-refractivity contribution in [3.8, 4) is 17.2 Å². The molecule has 2 rings (SSSR count). The summed E-state index contributed by atoms with van der Waals surface area (Å²) in [5, 5.41) is 13.4. The van der Waals surface area contributed by atoms with Gasteiger partial charge in [0.2, 0.25) is 0 Å². The van der Waals surface area contributed by atoms with E-state index in [9.17, 15) is 9.90 Å². The quantitative estimate of drug-likeness (QED) is 0.559. The molecule has 6 nitrogen and oxygen atoms in total. The van der Waals surface area contributed by atoms with Crippen LogP contribution in [0.25, 0.3) is 0 Å². The van der Waals surface area contributed by atoms with Crippen LogP contribution < -0.4 is 14.9 Å². The lowest BCUT2D eigenvalue weighted by Crippen LogP contribution is -2.17. The third kappa shape index (κ3) is 5.81. The van der Waals surface area contributed by atoms with E-state index in [0.29, 0.717) is 36.2 Å². The molecule has 0 bridgehead atoms. The molecule has 0 aliphatic heterocycles. The molecule has 2 aromatic carbocycles. The third-order valence-corrected chi connectivity index (χ3v) is 3.33. The van der Waals surface area contributed by atoms with E-state index in [0.717, 1.165) is 5.56 Å². The van der Waals surface area contributed by atoms with E-state index in [1.807, 2.05) is 25.1 Å². The van der Waals surface area contributed by atoms with Crippen molar-refractivity contribution in [1.29, 1.82) is 0 Å². The van der Waals surface area contributed by atoms with Crippen LogP contribution in [0.4, 0.5) is 0 Å². The minimum atomic E-state index is -0.404. The van der Waals surface area contributed by atoms with Gasteiger partial charge < -0.3 is 14.6 Å². The summed E-state index contributed by atoms with van der Waals surface area (Å²) in [6.45, 7) is 7.19. The number of aromatic hydroxyl groups is 1. The van der Waals surface area contributed by atoms with Crippen LogP contribution in [0, 0.1) is 5.92 Å². The Bertz CT molecular complexity index is 772. The molecule has 0 fully saturated rings. The normalized spacial score (nSPS) is 10.9. The zero-order chi connectivity index (χ0) is 18.9. The average molecular weight is 356 g/mol. The first-order valence-corrected chi connectivity index (χ1v) is 8.51. The molecule has 0 aliphatic carbocycles. The maximum absolute atomic E-state index is 12.0. The summed E-state index contributed by atoms with van der Waals surface area (Å²) in [5.74, 6) is 1.36. The van der Waals surface area contributed by atoms with Gasteiger partial charge in [-0.15, -0.1) is 0 Å². The van der Waals surface area contributed by atoms with E-state index < -0.39 is 5.91 Å². The number of hydrogen-bond acceptors (Lipinski definition) is 5. The number of phenols is 1. The van der Waals surface area contributed by atoms with Gasteiger partial charge in [0, 0.05) is 5.56 Å². The number of carbonyl (C=O) groups is 1. The Morgan fingerprint density at radius 1 is 1.19 bits per heavy atom. The minimum absolute atomic E-state index is 0.0278. The van der Waals surface area contributed by atoms with E-state index in [1.165, 1.54) is 18.3 Å².